The van der Waals surface area contributed by atoms with E-state index in [2.05, 4.69) is 22.5 Å². The summed E-state index contributed by atoms with van der Waals surface area (Å²) < 4.78 is 14.6. The van der Waals surface area contributed by atoms with Crippen LogP contribution < -0.4 is 5.32 Å². The summed E-state index contributed by atoms with van der Waals surface area (Å²) in [5.74, 6) is -0.520. The first-order valence-corrected chi connectivity index (χ1v) is 9.22. The molecular formula is C21H21ClFN3O. The predicted octanol–water partition coefficient (Wildman–Crippen LogP) is 4.39. The van der Waals surface area contributed by atoms with E-state index in [0.29, 0.717) is 24.3 Å². The fourth-order valence-corrected chi connectivity index (χ4v) is 3.23. The van der Waals surface area contributed by atoms with Crippen molar-refractivity contribution in [3.8, 4) is 0 Å². The molecule has 2 aromatic carbocycles. The third kappa shape index (κ3) is 4.95. The normalized spacial score (nSPS) is 10.8. The van der Waals surface area contributed by atoms with Gasteiger partial charge in [0.1, 0.15) is 11.0 Å². The van der Waals surface area contributed by atoms with Crippen LogP contribution in [0.25, 0.3) is 0 Å². The smallest absolute Gasteiger partial charge is 0.256 e. The SMILES string of the molecule is Cc1nn(Cc2ccc(F)cc2)c(Cl)c1C(=O)NCCCc1ccccc1. The van der Waals surface area contributed by atoms with Crippen molar-refractivity contribution in [3.05, 3.63) is 88.0 Å². The van der Waals surface area contributed by atoms with E-state index < -0.39 is 0 Å². The zero-order valence-corrected chi connectivity index (χ0v) is 15.8. The van der Waals surface area contributed by atoms with E-state index in [4.69, 9.17) is 11.6 Å². The van der Waals surface area contributed by atoms with Crippen molar-refractivity contribution < 1.29 is 9.18 Å². The molecule has 3 rings (SSSR count). The number of aromatic nitrogens is 2. The standard InChI is InChI=1S/C21H21ClFN3O/c1-15-19(21(27)24-13-5-8-16-6-3-2-4-7-16)20(22)26(25-15)14-17-9-11-18(23)12-10-17/h2-4,6-7,9-12H,5,8,13-14H2,1H3,(H,24,27). The lowest BCUT2D eigenvalue weighted by molar-refractivity contribution is 0.0952. The fraction of sp³-hybridized carbons (Fsp3) is 0.238. The van der Waals surface area contributed by atoms with Gasteiger partial charge in [-0.2, -0.15) is 5.10 Å². The molecule has 0 unspecified atom stereocenters. The van der Waals surface area contributed by atoms with Crippen molar-refractivity contribution in [1.29, 1.82) is 0 Å². The Morgan fingerprint density at radius 3 is 2.52 bits per heavy atom. The Bertz CT molecular complexity index is 907. The molecular weight excluding hydrogens is 365 g/mol. The van der Waals surface area contributed by atoms with Gasteiger partial charge in [0.25, 0.3) is 5.91 Å². The van der Waals surface area contributed by atoms with E-state index in [1.807, 2.05) is 18.2 Å². The minimum absolute atomic E-state index is 0.226. The lowest BCUT2D eigenvalue weighted by Crippen LogP contribution is -2.25. The first-order valence-electron chi connectivity index (χ1n) is 8.84. The van der Waals surface area contributed by atoms with Crippen LogP contribution in [0.5, 0.6) is 0 Å². The van der Waals surface area contributed by atoms with Crippen molar-refractivity contribution in [3.63, 3.8) is 0 Å². The van der Waals surface area contributed by atoms with Crippen LogP contribution in [-0.4, -0.2) is 22.2 Å². The molecule has 0 fully saturated rings. The van der Waals surface area contributed by atoms with E-state index in [1.54, 1.807) is 23.7 Å². The third-order valence-electron chi connectivity index (χ3n) is 4.31. The average molecular weight is 386 g/mol. The highest BCUT2D eigenvalue weighted by Gasteiger charge is 2.20. The van der Waals surface area contributed by atoms with Crippen molar-refractivity contribution >= 4 is 17.5 Å². The molecule has 4 nitrogen and oxygen atoms in total. The van der Waals surface area contributed by atoms with Crippen LogP contribution in [0.4, 0.5) is 4.39 Å². The maximum absolute atomic E-state index is 13.0. The summed E-state index contributed by atoms with van der Waals surface area (Å²) in [6, 6.07) is 16.3. The molecule has 0 aliphatic carbocycles. The summed E-state index contributed by atoms with van der Waals surface area (Å²) in [7, 11) is 0. The second-order valence-corrected chi connectivity index (χ2v) is 6.74. The molecule has 3 aromatic rings. The van der Waals surface area contributed by atoms with Gasteiger partial charge < -0.3 is 5.32 Å². The van der Waals surface area contributed by atoms with Gasteiger partial charge in [-0.3, -0.25) is 4.79 Å². The summed E-state index contributed by atoms with van der Waals surface area (Å²) in [4.78, 5) is 12.5. The zero-order valence-electron chi connectivity index (χ0n) is 15.1. The minimum Gasteiger partial charge on any atom is -0.352 e. The summed E-state index contributed by atoms with van der Waals surface area (Å²) in [6.45, 7) is 2.69. The Balaban J connectivity index is 1.59. The number of carbonyl (C=O) groups is 1. The van der Waals surface area contributed by atoms with Crippen molar-refractivity contribution in [2.45, 2.75) is 26.3 Å². The van der Waals surface area contributed by atoms with Gasteiger partial charge in [0.05, 0.1) is 17.8 Å². The largest absolute Gasteiger partial charge is 0.352 e. The molecule has 27 heavy (non-hydrogen) atoms. The molecule has 0 aliphatic rings. The number of hydrogen-bond donors (Lipinski definition) is 1. The molecule has 1 aromatic heterocycles. The Labute approximate surface area is 163 Å². The van der Waals surface area contributed by atoms with Gasteiger partial charge in [-0.1, -0.05) is 54.1 Å². The van der Waals surface area contributed by atoms with E-state index >= 15 is 0 Å². The highest BCUT2D eigenvalue weighted by Crippen LogP contribution is 2.21. The van der Waals surface area contributed by atoms with Gasteiger partial charge in [-0.25, -0.2) is 9.07 Å². The van der Waals surface area contributed by atoms with Crippen molar-refractivity contribution in [2.75, 3.05) is 6.54 Å². The maximum atomic E-state index is 13.0. The lowest BCUT2D eigenvalue weighted by atomic mass is 10.1. The maximum Gasteiger partial charge on any atom is 0.256 e. The number of rotatable bonds is 7. The Morgan fingerprint density at radius 2 is 1.81 bits per heavy atom. The Morgan fingerprint density at radius 1 is 1.11 bits per heavy atom. The van der Waals surface area contributed by atoms with Crippen molar-refractivity contribution in [1.82, 2.24) is 15.1 Å². The highest BCUT2D eigenvalue weighted by atomic mass is 35.5. The van der Waals surface area contributed by atoms with Crippen LogP contribution in [0.2, 0.25) is 5.15 Å². The summed E-state index contributed by atoms with van der Waals surface area (Å²) in [5, 5.41) is 7.55. The first-order chi connectivity index (χ1) is 13.0. The molecule has 6 heteroatoms. The van der Waals surface area contributed by atoms with Gasteiger partial charge in [-0.15, -0.1) is 0 Å². The molecule has 0 saturated heterocycles. The van der Waals surface area contributed by atoms with Crippen LogP contribution in [-0.2, 0) is 13.0 Å². The summed E-state index contributed by atoms with van der Waals surface area (Å²) in [6.07, 6.45) is 1.74. The summed E-state index contributed by atoms with van der Waals surface area (Å²) >= 11 is 6.38. The lowest BCUT2D eigenvalue weighted by Gasteiger charge is -2.06. The summed E-state index contributed by atoms with van der Waals surface area (Å²) in [5.41, 5.74) is 3.06. The quantitative estimate of drug-likeness (QED) is 0.613. The van der Waals surface area contributed by atoms with E-state index in [9.17, 15) is 9.18 Å². The zero-order chi connectivity index (χ0) is 19.2. The van der Waals surface area contributed by atoms with Gasteiger partial charge in [0.2, 0.25) is 0 Å². The molecule has 1 amide bonds. The van der Waals surface area contributed by atoms with Crippen LogP contribution in [0.15, 0.2) is 54.6 Å². The van der Waals surface area contributed by atoms with Gasteiger partial charge in [-0.05, 0) is 43.0 Å². The van der Waals surface area contributed by atoms with E-state index in [0.717, 1.165) is 18.4 Å². The topological polar surface area (TPSA) is 46.9 Å². The molecule has 0 atom stereocenters. The number of halogens is 2. The number of nitrogens with zero attached hydrogens (tertiary/aromatic N) is 2. The van der Waals surface area contributed by atoms with Crippen LogP contribution in [0.1, 0.15) is 33.6 Å². The van der Waals surface area contributed by atoms with Gasteiger partial charge >= 0.3 is 0 Å². The van der Waals surface area contributed by atoms with E-state index in [-0.39, 0.29) is 16.9 Å². The number of aryl methyl sites for hydroxylation is 2. The van der Waals surface area contributed by atoms with Crippen molar-refractivity contribution in [2.24, 2.45) is 0 Å². The molecule has 0 bridgehead atoms. The van der Waals surface area contributed by atoms with Crippen LogP contribution in [0, 0.1) is 12.7 Å². The highest BCUT2D eigenvalue weighted by molar-refractivity contribution is 6.33. The average Bonchev–Trinajstić information content (AvgIpc) is 2.95. The molecule has 1 heterocycles. The molecule has 0 aliphatic heterocycles. The minimum atomic E-state index is -0.294. The van der Waals surface area contributed by atoms with Crippen LogP contribution in [0.3, 0.4) is 0 Å². The molecule has 0 radical (unpaired) electrons. The predicted molar refractivity (Wildman–Crippen MR) is 105 cm³/mol. The number of carbonyl (C=O) groups excluding carboxylic acids is 1. The first kappa shape index (κ1) is 19.1. The monoisotopic (exact) mass is 385 g/mol. The molecule has 0 spiro atoms. The second-order valence-electron chi connectivity index (χ2n) is 6.38. The molecule has 140 valence electrons. The second kappa shape index (κ2) is 8.82. The van der Waals surface area contributed by atoms with Gasteiger partial charge in [0.15, 0.2) is 0 Å². The third-order valence-corrected chi connectivity index (χ3v) is 4.69. The Hall–Kier alpha value is -2.66. The van der Waals surface area contributed by atoms with Crippen LogP contribution >= 0.6 is 11.6 Å². The molecule has 1 N–H and O–H groups in total. The number of nitrogens with one attached hydrogen (secondary N) is 1. The number of benzene rings is 2. The number of hydrogen-bond acceptors (Lipinski definition) is 2. The number of amides is 1. The molecule has 0 saturated carbocycles. The van der Waals surface area contributed by atoms with Gasteiger partial charge in [0, 0.05) is 6.54 Å². The van der Waals surface area contributed by atoms with E-state index in [1.165, 1.54) is 17.7 Å². The Kier molecular flexibility index (Phi) is 6.24. The fourth-order valence-electron chi connectivity index (χ4n) is 2.91.